The molecule has 0 bridgehead atoms. The maximum absolute atomic E-state index is 12.5. The molecule has 140 valence electrons. The molecule has 1 N–H and O–H groups in total. The number of hydrogen-bond acceptors (Lipinski definition) is 4. The molecule has 2 aromatic carbocycles. The summed E-state index contributed by atoms with van der Waals surface area (Å²) in [5.74, 6) is 0.275. The van der Waals surface area contributed by atoms with E-state index in [4.69, 9.17) is 16.3 Å². The smallest absolute Gasteiger partial charge is 0.244 e. The predicted octanol–water partition coefficient (Wildman–Crippen LogP) is 3.47. The third kappa shape index (κ3) is 4.50. The largest absolute Gasteiger partial charge is 0.495 e. The molecule has 7 heteroatoms. The second kappa shape index (κ2) is 8.29. The summed E-state index contributed by atoms with van der Waals surface area (Å²) in [5, 5.41) is 0.351. The fourth-order valence-corrected chi connectivity index (χ4v) is 4.58. The topological polar surface area (TPSA) is 58.6 Å². The van der Waals surface area contributed by atoms with Crippen molar-refractivity contribution in [3.8, 4) is 5.75 Å². The molecule has 1 aliphatic heterocycles. The van der Waals surface area contributed by atoms with E-state index < -0.39 is 10.0 Å². The minimum atomic E-state index is -3.68. The molecule has 0 atom stereocenters. The number of rotatable bonds is 7. The first kappa shape index (κ1) is 19.0. The van der Waals surface area contributed by atoms with Crippen LogP contribution in [0.25, 0.3) is 0 Å². The Kier molecular flexibility index (Phi) is 6.06. The highest BCUT2D eigenvalue weighted by Gasteiger charge is 2.19. The molecule has 0 spiro atoms. The summed E-state index contributed by atoms with van der Waals surface area (Å²) < 4.78 is 32.8. The number of anilines is 1. The molecule has 1 aliphatic rings. The number of methoxy groups -OCH3 is 1. The molecule has 5 nitrogen and oxygen atoms in total. The second-order valence-electron chi connectivity index (χ2n) is 6.30. The van der Waals surface area contributed by atoms with Crippen LogP contribution >= 0.6 is 11.6 Å². The second-order valence-corrected chi connectivity index (χ2v) is 8.48. The van der Waals surface area contributed by atoms with Crippen molar-refractivity contribution in [1.82, 2.24) is 4.72 Å². The SMILES string of the molecule is COc1ccc(Cl)cc1S(=O)(=O)NCCc1ccc(N2CCCC2)cc1. The lowest BCUT2D eigenvalue weighted by molar-refractivity contribution is 0.402. The highest BCUT2D eigenvalue weighted by Crippen LogP contribution is 2.27. The molecule has 1 fully saturated rings. The maximum atomic E-state index is 12.5. The van der Waals surface area contributed by atoms with E-state index in [1.165, 1.54) is 31.7 Å². The van der Waals surface area contributed by atoms with Crippen molar-refractivity contribution < 1.29 is 13.2 Å². The van der Waals surface area contributed by atoms with Crippen LogP contribution in [0, 0.1) is 0 Å². The predicted molar refractivity (Wildman–Crippen MR) is 105 cm³/mol. The van der Waals surface area contributed by atoms with Gasteiger partial charge in [-0.3, -0.25) is 0 Å². The van der Waals surface area contributed by atoms with Gasteiger partial charge in [0.15, 0.2) is 0 Å². The van der Waals surface area contributed by atoms with Gasteiger partial charge in [-0.1, -0.05) is 23.7 Å². The summed E-state index contributed by atoms with van der Waals surface area (Å²) >= 11 is 5.93. The van der Waals surface area contributed by atoms with Crippen LogP contribution in [0.15, 0.2) is 47.4 Å². The van der Waals surface area contributed by atoms with Crippen LogP contribution in [-0.2, 0) is 16.4 Å². The van der Waals surface area contributed by atoms with Gasteiger partial charge in [0.25, 0.3) is 0 Å². The molecule has 0 aliphatic carbocycles. The van der Waals surface area contributed by atoms with Crippen LogP contribution in [0.5, 0.6) is 5.75 Å². The zero-order valence-electron chi connectivity index (χ0n) is 14.7. The minimum Gasteiger partial charge on any atom is -0.495 e. The molecule has 3 rings (SSSR count). The summed E-state index contributed by atoms with van der Waals surface area (Å²) in [6.45, 7) is 2.53. The molecular weight excluding hydrogens is 372 g/mol. The van der Waals surface area contributed by atoms with Gasteiger partial charge in [-0.05, 0) is 55.2 Å². The lowest BCUT2D eigenvalue weighted by Gasteiger charge is -2.17. The van der Waals surface area contributed by atoms with Gasteiger partial charge in [-0.15, -0.1) is 0 Å². The van der Waals surface area contributed by atoms with Gasteiger partial charge in [0.05, 0.1) is 7.11 Å². The lowest BCUT2D eigenvalue weighted by Crippen LogP contribution is -2.26. The van der Waals surface area contributed by atoms with Gasteiger partial charge < -0.3 is 9.64 Å². The van der Waals surface area contributed by atoms with Gasteiger partial charge >= 0.3 is 0 Å². The number of sulfonamides is 1. The van der Waals surface area contributed by atoms with Crippen LogP contribution in [0.2, 0.25) is 5.02 Å². The Morgan fingerprint density at radius 2 is 1.81 bits per heavy atom. The maximum Gasteiger partial charge on any atom is 0.244 e. The number of nitrogens with one attached hydrogen (secondary N) is 1. The zero-order valence-corrected chi connectivity index (χ0v) is 16.3. The van der Waals surface area contributed by atoms with Gasteiger partial charge in [-0.2, -0.15) is 0 Å². The van der Waals surface area contributed by atoms with Crippen molar-refractivity contribution >= 4 is 27.3 Å². The van der Waals surface area contributed by atoms with E-state index in [-0.39, 0.29) is 10.6 Å². The fourth-order valence-electron chi connectivity index (χ4n) is 3.12. The van der Waals surface area contributed by atoms with Crippen molar-refractivity contribution in [3.63, 3.8) is 0 Å². The van der Waals surface area contributed by atoms with E-state index in [1.807, 2.05) is 0 Å². The highest BCUT2D eigenvalue weighted by molar-refractivity contribution is 7.89. The molecule has 2 aromatic rings. The summed E-state index contributed by atoms with van der Waals surface area (Å²) in [7, 11) is -2.25. The quantitative estimate of drug-likeness (QED) is 0.781. The number of hydrogen-bond donors (Lipinski definition) is 1. The minimum absolute atomic E-state index is 0.0527. The molecule has 1 saturated heterocycles. The summed E-state index contributed by atoms with van der Waals surface area (Å²) in [5.41, 5.74) is 2.32. The average molecular weight is 395 g/mol. The third-order valence-corrected chi connectivity index (χ3v) is 6.25. The fraction of sp³-hybridized carbons (Fsp3) is 0.368. The standard InChI is InChI=1S/C19H23ClN2O3S/c1-25-18-9-6-16(20)14-19(18)26(23,24)21-11-10-15-4-7-17(8-5-15)22-12-2-3-13-22/h4-9,14,21H,2-3,10-13H2,1H3. The molecule has 0 amide bonds. The molecule has 1 heterocycles. The Labute approximate surface area is 160 Å². The first-order valence-electron chi connectivity index (χ1n) is 8.67. The first-order chi connectivity index (χ1) is 12.5. The van der Waals surface area contributed by atoms with Crippen LogP contribution in [0.1, 0.15) is 18.4 Å². The molecule has 0 saturated carbocycles. The van der Waals surface area contributed by atoms with E-state index in [0.29, 0.717) is 18.0 Å². The van der Waals surface area contributed by atoms with E-state index >= 15 is 0 Å². The average Bonchev–Trinajstić information content (AvgIpc) is 3.17. The van der Waals surface area contributed by atoms with Crippen LogP contribution < -0.4 is 14.4 Å². The Morgan fingerprint density at radius 1 is 1.12 bits per heavy atom. The normalized spacial score (nSPS) is 14.6. The summed E-state index contributed by atoms with van der Waals surface area (Å²) in [6.07, 6.45) is 3.11. The molecule has 0 unspecified atom stereocenters. The van der Waals surface area contributed by atoms with Crippen molar-refractivity contribution in [1.29, 1.82) is 0 Å². The summed E-state index contributed by atoms with van der Waals surface area (Å²) in [6, 6.07) is 12.9. The van der Waals surface area contributed by atoms with E-state index in [2.05, 4.69) is 33.9 Å². The highest BCUT2D eigenvalue weighted by atomic mass is 35.5. The zero-order chi connectivity index (χ0) is 18.6. The van der Waals surface area contributed by atoms with Crippen LogP contribution in [0.3, 0.4) is 0 Å². The molecule has 0 aromatic heterocycles. The number of ether oxygens (including phenoxy) is 1. The molecule has 0 radical (unpaired) electrons. The van der Waals surface area contributed by atoms with Crippen LogP contribution in [-0.4, -0.2) is 35.2 Å². The van der Waals surface area contributed by atoms with E-state index in [1.54, 1.807) is 12.1 Å². The number of benzene rings is 2. The van der Waals surface area contributed by atoms with Crippen molar-refractivity contribution in [2.45, 2.75) is 24.2 Å². The lowest BCUT2D eigenvalue weighted by atomic mass is 10.1. The third-order valence-electron chi connectivity index (χ3n) is 4.53. The van der Waals surface area contributed by atoms with Gasteiger partial charge in [0.2, 0.25) is 10.0 Å². The Bertz CT molecular complexity index is 848. The monoisotopic (exact) mass is 394 g/mol. The van der Waals surface area contributed by atoms with E-state index in [0.717, 1.165) is 18.7 Å². The number of halogens is 1. The summed E-state index contributed by atoms with van der Waals surface area (Å²) in [4.78, 5) is 2.43. The van der Waals surface area contributed by atoms with E-state index in [9.17, 15) is 8.42 Å². The van der Waals surface area contributed by atoms with Crippen molar-refractivity contribution in [3.05, 3.63) is 53.1 Å². The van der Waals surface area contributed by atoms with Crippen molar-refractivity contribution in [2.75, 3.05) is 31.6 Å². The Morgan fingerprint density at radius 3 is 2.46 bits per heavy atom. The van der Waals surface area contributed by atoms with Gasteiger partial charge in [0.1, 0.15) is 10.6 Å². The van der Waals surface area contributed by atoms with Crippen LogP contribution in [0.4, 0.5) is 5.69 Å². The van der Waals surface area contributed by atoms with Gasteiger partial charge in [0, 0.05) is 30.3 Å². The number of nitrogens with zero attached hydrogens (tertiary/aromatic N) is 1. The first-order valence-corrected chi connectivity index (χ1v) is 10.5. The Hall–Kier alpha value is -1.76. The molecular formula is C19H23ClN2O3S. The van der Waals surface area contributed by atoms with Crippen molar-refractivity contribution in [2.24, 2.45) is 0 Å². The Balaban J connectivity index is 1.61. The van der Waals surface area contributed by atoms with Gasteiger partial charge in [-0.25, -0.2) is 13.1 Å². The molecule has 26 heavy (non-hydrogen) atoms.